The van der Waals surface area contributed by atoms with Gasteiger partial charge in [0.15, 0.2) is 5.84 Å². The smallest absolute Gasteiger partial charge is 0.320 e. The number of amides is 2. The van der Waals surface area contributed by atoms with Gasteiger partial charge in [0.2, 0.25) is 0 Å². The maximum atomic E-state index is 12.4. The molecule has 2 heterocycles. The molecule has 2 aliphatic rings. The van der Waals surface area contributed by atoms with Crippen molar-refractivity contribution in [1.82, 2.24) is 9.80 Å². The first-order valence-electron chi connectivity index (χ1n) is 6.34. The first kappa shape index (κ1) is 12.9. The van der Waals surface area contributed by atoms with Gasteiger partial charge in [-0.1, -0.05) is 5.16 Å². The molecular formula is C11H20N4O3. The van der Waals surface area contributed by atoms with Gasteiger partial charge in [0, 0.05) is 19.6 Å². The Kier molecular flexibility index (Phi) is 4.24. The number of urea groups is 1. The molecule has 0 aromatic heterocycles. The molecule has 0 aromatic rings. The van der Waals surface area contributed by atoms with Gasteiger partial charge in [-0.25, -0.2) is 4.79 Å². The van der Waals surface area contributed by atoms with Crippen LogP contribution in [-0.2, 0) is 4.74 Å². The fraction of sp³-hybridized carbons (Fsp3) is 0.818. The SMILES string of the molecule is NC(=NO)C1CCCCN1C(=O)N1CCOCC1. The fourth-order valence-corrected chi connectivity index (χ4v) is 2.47. The van der Waals surface area contributed by atoms with Crippen molar-refractivity contribution in [3.8, 4) is 0 Å². The number of ether oxygens (including phenoxy) is 1. The van der Waals surface area contributed by atoms with Crippen molar-refractivity contribution in [3.05, 3.63) is 0 Å². The maximum absolute atomic E-state index is 12.4. The Morgan fingerprint density at radius 3 is 2.67 bits per heavy atom. The van der Waals surface area contributed by atoms with Crippen molar-refractivity contribution >= 4 is 11.9 Å². The summed E-state index contributed by atoms with van der Waals surface area (Å²) >= 11 is 0. The van der Waals surface area contributed by atoms with E-state index in [1.54, 1.807) is 9.80 Å². The third kappa shape index (κ3) is 2.66. The summed E-state index contributed by atoms with van der Waals surface area (Å²) in [7, 11) is 0. The Hall–Kier alpha value is -1.50. The molecule has 2 rings (SSSR count). The predicted octanol–water partition coefficient (Wildman–Crippen LogP) is 0.0395. The molecule has 0 aromatic carbocycles. The second kappa shape index (κ2) is 5.90. The monoisotopic (exact) mass is 256 g/mol. The molecule has 3 N–H and O–H groups in total. The fourth-order valence-electron chi connectivity index (χ4n) is 2.47. The van der Waals surface area contributed by atoms with Crippen LogP contribution < -0.4 is 5.73 Å². The van der Waals surface area contributed by atoms with E-state index < -0.39 is 0 Å². The van der Waals surface area contributed by atoms with Gasteiger partial charge in [-0.15, -0.1) is 0 Å². The van der Waals surface area contributed by atoms with Crippen LogP contribution in [0.15, 0.2) is 5.16 Å². The molecule has 0 radical (unpaired) electrons. The molecule has 7 nitrogen and oxygen atoms in total. The van der Waals surface area contributed by atoms with Gasteiger partial charge in [-0.3, -0.25) is 0 Å². The first-order chi connectivity index (χ1) is 8.74. The van der Waals surface area contributed by atoms with Gasteiger partial charge in [0.1, 0.15) is 0 Å². The number of oxime groups is 1. The molecule has 102 valence electrons. The molecule has 2 aliphatic heterocycles. The summed E-state index contributed by atoms with van der Waals surface area (Å²) in [5, 5.41) is 11.8. The van der Waals surface area contributed by atoms with Crippen molar-refractivity contribution < 1.29 is 14.7 Å². The molecule has 0 spiro atoms. The van der Waals surface area contributed by atoms with Crippen molar-refractivity contribution in [3.63, 3.8) is 0 Å². The predicted molar refractivity (Wildman–Crippen MR) is 65.5 cm³/mol. The summed E-state index contributed by atoms with van der Waals surface area (Å²) in [4.78, 5) is 15.9. The lowest BCUT2D eigenvalue weighted by atomic mass is 10.0. The Labute approximate surface area is 106 Å². The quantitative estimate of drug-likeness (QED) is 0.300. The normalized spacial score (nSPS) is 26.2. The highest BCUT2D eigenvalue weighted by Gasteiger charge is 2.32. The van der Waals surface area contributed by atoms with E-state index in [2.05, 4.69) is 5.16 Å². The largest absolute Gasteiger partial charge is 0.409 e. The average Bonchev–Trinajstić information content (AvgIpc) is 2.46. The van der Waals surface area contributed by atoms with Crippen LogP contribution in [0.25, 0.3) is 0 Å². The van der Waals surface area contributed by atoms with Gasteiger partial charge >= 0.3 is 6.03 Å². The number of carbonyl (C=O) groups is 1. The number of nitrogens with zero attached hydrogens (tertiary/aromatic N) is 3. The molecule has 1 unspecified atom stereocenters. The van der Waals surface area contributed by atoms with E-state index in [1.807, 2.05) is 0 Å². The highest BCUT2D eigenvalue weighted by atomic mass is 16.5. The summed E-state index contributed by atoms with van der Waals surface area (Å²) in [5.74, 6) is 0.122. The number of likely N-dealkylation sites (tertiary alicyclic amines) is 1. The third-order valence-corrected chi connectivity index (χ3v) is 3.49. The van der Waals surface area contributed by atoms with E-state index in [0.29, 0.717) is 32.8 Å². The van der Waals surface area contributed by atoms with Crippen LogP contribution in [0.1, 0.15) is 19.3 Å². The van der Waals surface area contributed by atoms with Gasteiger partial charge in [-0.05, 0) is 19.3 Å². The van der Waals surface area contributed by atoms with Gasteiger partial charge in [0.05, 0.1) is 19.3 Å². The molecule has 18 heavy (non-hydrogen) atoms. The van der Waals surface area contributed by atoms with Crippen molar-refractivity contribution in [2.75, 3.05) is 32.8 Å². The standard InChI is InChI=1S/C11H20N4O3/c12-10(13-17)9-3-1-2-4-15(9)11(16)14-5-7-18-8-6-14/h9,17H,1-8H2,(H2,12,13). The van der Waals surface area contributed by atoms with Crippen LogP contribution >= 0.6 is 0 Å². The molecular weight excluding hydrogens is 236 g/mol. The Morgan fingerprint density at radius 1 is 1.28 bits per heavy atom. The van der Waals surface area contributed by atoms with E-state index in [4.69, 9.17) is 15.7 Å². The number of carbonyl (C=O) groups excluding carboxylic acids is 1. The van der Waals surface area contributed by atoms with E-state index in [9.17, 15) is 4.79 Å². The van der Waals surface area contributed by atoms with Crippen molar-refractivity contribution in [2.24, 2.45) is 10.9 Å². The van der Waals surface area contributed by atoms with Crippen molar-refractivity contribution in [1.29, 1.82) is 0 Å². The lowest BCUT2D eigenvalue weighted by molar-refractivity contribution is 0.0391. The lowest BCUT2D eigenvalue weighted by Crippen LogP contribution is -2.56. The van der Waals surface area contributed by atoms with Crippen molar-refractivity contribution in [2.45, 2.75) is 25.3 Å². The van der Waals surface area contributed by atoms with Gasteiger partial charge < -0.3 is 25.5 Å². The summed E-state index contributed by atoms with van der Waals surface area (Å²) in [6.07, 6.45) is 2.71. The molecule has 2 amide bonds. The summed E-state index contributed by atoms with van der Waals surface area (Å²) in [6, 6.07) is -0.311. The second-order valence-electron chi connectivity index (χ2n) is 4.61. The highest BCUT2D eigenvalue weighted by molar-refractivity contribution is 5.89. The second-order valence-corrected chi connectivity index (χ2v) is 4.61. The molecule has 0 saturated carbocycles. The average molecular weight is 256 g/mol. The molecule has 1 atom stereocenters. The summed E-state index contributed by atoms with van der Waals surface area (Å²) in [5.41, 5.74) is 5.67. The minimum atomic E-state index is -0.279. The summed E-state index contributed by atoms with van der Waals surface area (Å²) in [6.45, 7) is 3.04. The van der Waals surface area contributed by atoms with E-state index in [0.717, 1.165) is 19.3 Å². The minimum absolute atomic E-state index is 0.0328. The van der Waals surface area contributed by atoms with E-state index >= 15 is 0 Å². The van der Waals surface area contributed by atoms with E-state index in [1.165, 1.54) is 0 Å². The number of hydrogen-bond donors (Lipinski definition) is 2. The molecule has 2 saturated heterocycles. The topological polar surface area (TPSA) is 91.4 Å². The highest BCUT2D eigenvalue weighted by Crippen LogP contribution is 2.19. The van der Waals surface area contributed by atoms with Crippen LogP contribution in [0.2, 0.25) is 0 Å². The molecule has 2 fully saturated rings. The number of piperidine rings is 1. The summed E-state index contributed by atoms with van der Waals surface area (Å²) < 4.78 is 5.23. The number of rotatable bonds is 1. The number of hydrogen-bond acceptors (Lipinski definition) is 4. The molecule has 7 heteroatoms. The molecule has 0 bridgehead atoms. The van der Waals surface area contributed by atoms with Crippen LogP contribution in [0.4, 0.5) is 4.79 Å². The zero-order valence-corrected chi connectivity index (χ0v) is 10.4. The number of amidine groups is 1. The van der Waals surface area contributed by atoms with Crippen LogP contribution in [0.3, 0.4) is 0 Å². The molecule has 0 aliphatic carbocycles. The zero-order chi connectivity index (χ0) is 13.0. The third-order valence-electron chi connectivity index (χ3n) is 3.49. The van der Waals surface area contributed by atoms with Gasteiger partial charge in [-0.2, -0.15) is 0 Å². The zero-order valence-electron chi connectivity index (χ0n) is 10.4. The maximum Gasteiger partial charge on any atom is 0.320 e. The lowest BCUT2D eigenvalue weighted by Gasteiger charge is -2.39. The Morgan fingerprint density at radius 2 is 2.00 bits per heavy atom. The number of morpholine rings is 1. The number of nitrogens with two attached hydrogens (primary N) is 1. The van der Waals surface area contributed by atoms with Crippen LogP contribution in [0.5, 0.6) is 0 Å². The first-order valence-corrected chi connectivity index (χ1v) is 6.34. The Balaban J connectivity index is 2.05. The van der Waals surface area contributed by atoms with Gasteiger partial charge in [0.25, 0.3) is 0 Å². The Bertz CT molecular complexity index is 328. The minimum Gasteiger partial charge on any atom is -0.409 e. The van der Waals surface area contributed by atoms with E-state index in [-0.39, 0.29) is 17.9 Å². The van der Waals surface area contributed by atoms with Crippen LogP contribution in [-0.4, -0.2) is 65.8 Å². The van der Waals surface area contributed by atoms with Crippen LogP contribution in [0, 0.1) is 0 Å².